The van der Waals surface area contributed by atoms with Crippen LogP contribution in [0.25, 0.3) is 16.8 Å². The average Bonchev–Trinajstić information content (AvgIpc) is 2.98. The number of hydrogen-bond donors (Lipinski definition) is 0. The smallest absolute Gasteiger partial charge is 0.252 e. The summed E-state index contributed by atoms with van der Waals surface area (Å²) in [7, 11) is 0. The minimum atomic E-state index is -2.59. The highest BCUT2D eigenvalue weighted by Crippen LogP contribution is 2.50. The van der Waals surface area contributed by atoms with Gasteiger partial charge < -0.3 is 0 Å². The van der Waals surface area contributed by atoms with Crippen LogP contribution in [0, 0.1) is 17.2 Å². The highest BCUT2D eigenvalue weighted by atomic mass is 35.5. The highest BCUT2D eigenvalue weighted by Gasteiger charge is 2.56. The van der Waals surface area contributed by atoms with Gasteiger partial charge in [-0.15, -0.1) is 10.2 Å². The van der Waals surface area contributed by atoms with Gasteiger partial charge in [0.15, 0.2) is 5.65 Å². The number of hydrogen-bond acceptors (Lipinski definition) is 3. The molecule has 0 saturated heterocycles. The quantitative estimate of drug-likeness (QED) is 0.718. The van der Waals surface area contributed by atoms with Gasteiger partial charge >= 0.3 is 0 Å². The molecule has 1 aliphatic rings. The summed E-state index contributed by atoms with van der Waals surface area (Å²) < 4.78 is 27.9. The average molecular weight is 345 g/mol. The largest absolute Gasteiger partial charge is 0.285 e. The second-order valence-corrected chi connectivity index (χ2v) is 6.29. The van der Waals surface area contributed by atoms with Crippen LogP contribution in [-0.4, -0.2) is 20.5 Å². The third kappa shape index (κ3) is 2.42. The monoisotopic (exact) mass is 344 g/mol. The van der Waals surface area contributed by atoms with Gasteiger partial charge in [-0.1, -0.05) is 23.7 Å². The summed E-state index contributed by atoms with van der Waals surface area (Å²) in [4.78, 5) is 0. The van der Waals surface area contributed by atoms with Crippen LogP contribution >= 0.6 is 11.6 Å². The molecule has 1 unspecified atom stereocenters. The molecule has 0 N–H and O–H groups in total. The fourth-order valence-electron chi connectivity index (χ4n) is 2.77. The third-order valence-corrected chi connectivity index (χ3v) is 4.67. The molecule has 0 spiro atoms. The molecule has 2 aromatic heterocycles. The summed E-state index contributed by atoms with van der Waals surface area (Å²) >= 11 is 6.43. The second kappa shape index (κ2) is 5.25. The van der Waals surface area contributed by atoms with E-state index in [0.29, 0.717) is 22.1 Å². The molecule has 0 radical (unpaired) electrons. The van der Waals surface area contributed by atoms with Crippen molar-refractivity contribution in [3.63, 3.8) is 0 Å². The van der Waals surface area contributed by atoms with Gasteiger partial charge in [0.25, 0.3) is 5.92 Å². The minimum absolute atomic E-state index is 0.0982. The fourth-order valence-corrected chi connectivity index (χ4v) is 3.07. The van der Waals surface area contributed by atoms with Crippen molar-refractivity contribution in [3.8, 4) is 17.2 Å². The van der Waals surface area contributed by atoms with Gasteiger partial charge in [-0.25, -0.2) is 8.78 Å². The summed E-state index contributed by atoms with van der Waals surface area (Å²) in [6.07, 6.45) is 1.82. The van der Waals surface area contributed by atoms with Gasteiger partial charge in [-0.3, -0.25) is 4.40 Å². The van der Waals surface area contributed by atoms with Crippen molar-refractivity contribution in [2.75, 3.05) is 0 Å². The number of alkyl halides is 2. The summed E-state index contributed by atoms with van der Waals surface area (Å²) in [6.45, 7) is 0. The Balaban J connectivity index is 1.72. The molecule has 1 saturated carbocycles. The Morgan fingerprint density at radius 1 is 1.25 bits per heavy atom. The minimum Gasteiger partial charge on any atom is -0.285 e. The number of rotatable bonds is 3. The first-order chi connectivity index (χ1) is 11.5. The van der Waals surface area contributed by atoms with E-state index in [1.165, 1.54) is 0 Å². The van der Waals surface area contributed by atoms with Gasteiger partial charge in [-0.2, -0.15) is 5.26 Å². The zero-order valence-corrected chi connectivity index (χ0v) is 13.1. The number of nitrogens with zero attached hydrogens (tertiary/aromatic N) is 4. The van der Waals surface area contributed by atoms with Gasteiger partial charge in [-0.05, 0) is 23.8 Å². The molecule has 1 fully saturated rings. The lowest BCUT2D eigenvalue weighted by molar-refractivity contribution is 0.0984. The molecule has 0 aliphatic heterocycles. The molecular formula is C17H11ClF2N4. The molecule has 4 rings (SSSR count). The van der Waals surface area contributed by atoms with Crippen LogP contribution in [0.2, 0.25) is 5.02 Å². The van der Waals surface area contributed by atoms with E-state index >= 15 is 0 Å². The zero-order chi connectivity index (χ0) is 16.9. The Morgan fingerprint density at radius 2 is 1.96 bits per heavy atom. The zero-order valence-electron chi connectivity index (χ0n) is 12.4. The van der Waals surface area contributed by atoms with Gasteiger partial charge in [0, 0.05) is 30.5 Å². The summed E-state index contributed by atoms with van der Waals surface area (Å²) in [5.74, 6) is -2.76. The van der Waals surface area contributed by atoms with Crippen molar-refractivity contribution < 1.29 is 8.78 Å². The number of fused-ring (bicyclic) bond motifs is 1. The van der Waals surface area contributed by atoms with Crippen molar-refractivity contribution in [1.82, 2.24) is 14.6 Å². The van der Waals surface area contributed by atoms with Crippen LogP contribution in [0.4, 0.5) is 8.78 Å². The SMILES string of the molecule is N#Cc1ccc(-c2ccn3c(CC4CC4(F)F)nnc3c2Cl)cc1. The summed E-state index contributed by atoms with van der Waals surface area (Å²) in [6, 6.07) is 10.9. The standard InChI is InChI=1S/C17H11ClF2N4/c18-15-13(11-3-1-10(9-21)2-4-11)5-6-24-14(22-23-16(15)24)7-12-8-17(12,19)20/h1-6,12H,7-8H2. The molecular weight excluding hydrogens is 334 g/mol. The highest BCUT2D eigenvalue weighted by molar-refractivity contribution is 6.36. The molecule has 3 aromatic rings. The molecule has 4 nitrogen and oxygen atoms in total. The van der Waals surface area contributed by atoms with Crippen molar-refractivity contribution in [2.24, 2.45) is 5.92 Å². The van der Waals surface area contributed by atoms with Crippen LogP contribution in [-0.2, 0) is 6.42 Å². The molecule has 0 bridgehead atoms. The molecule has 1 aromatic carbocycles. The Morgan fingerprint density at radius 3 is 2.58 bits per heavy atom. The lowest BCUT2D eigenvalue weighted by atomic mass is 10.1. The first kappa shape index (κ1) is 15.0. The molecule has 2 heterocycles. The molecule has 1 atom stereocenters. The Hall–Kier alpha value is -2.52. The van der Waals surface area contributed by atoms with Crippen molar-refractivity contribution in [2.45, 2.75) is 18.8 Å². The molecule has 7 heteroatoms. The summed E-state index contributed by atoms with van der Waals surface area (Å²) in [5.41, 5.74) is 2.60. The topological polar surface area (TPSA) is 54.0 Å². The Bertz CT molecular complexity index is 973. The van der Waals surface area contributed by atoms with Crippen LogP contribution in [0.5, 0.6) is 0 Å². The third-order valence-electron chi connectivity index (χ3n) is 4.30. The van der Waals surface area contributed by atoms with Crippen LogP contribution in [0.15, 0.2) is 36.5 Å². The van der Waals surface area contributed by atoms with Gasteiger partial charge in [0.05, 0.1) is 16.7 Å². The van der Waals surface area contributed by atoms with Gasteiger partial charge in [0.2, 0.25) is 0 Å². The van der Waals surface area contributed by atoms with Gasteiger partial charge in [0.1, 0.15) is 5.82 Å². The maximum Gasteiger partial charge on any atom is 0.252 e. The predicted octanol–water partition coefficient (Wildman–Crippen LogP) is 4.12. The first-order valence-corrected chi connectivity index (χ1v) is 7.78. The van der Waals surface area contributed by atoms with Crippen LogP contribution in [0.3, 0.4) is 0 Å². The lowest BCUT2D eigenvalue weighted by Crippen LogP contribution is -2.02. The number of nitriles is 1. The van der Waals surface area contributed by atoms with E-state index in [0.717, 1.165) is 11.1 Å². The van der Waals surface area contributed by atoms with E-state index in [9.17, 15) is 8.78 Å². The molecule has 24 heavy (non-hydrogen) atoms. The molecule has 120 valence electrons. The number of aromatic nitrogens is 3. The van der Waals surface area contributed by atoms with E-state index in [1.54, 1.807) is 40.9 Å². The van der Waals surface area contributed by atoms with E-state index in [4.69, 9.17) is 16.9 Å². The van der Waals surface area contributed by atoms with Crippen molar-refractivity contribution >= 4 is 17.2 Å². The van der Waals surface area contributed by atoms with E-state index in [2.05, 4.69) is 16.3 Å². The van der Waals surface area contributed by atoms with Crippen molar-refractivity contribution in [3.05, 3.63) is 52.9 Å². The van der Waals surface area contributed by atoms with Crippen LogP contribution < -0.4 is 0 Å². The lowest BCUT2D eigenvalue weighted by Gasteiger charge is -2.07. The number of pyridine rings is 1. The normalized spacial score (nSPS) is 18.5. The van der Waals surface area contributed by atoms with Crippen molar-refractivity contribution in [1.29, 1.82) is 5.26 Å². The van der Waals surface area contributed by atoms with E-state index < -0.39 is 11.8 Å². The van der Waals surface area contributed by atoms with E-state index in [-0.39, 0.29) is 12.8 Å². The Labute approximate surface area is 141 Å². The Kier molecular flexibility index (Phi) is 3.29. The fraction of sp³-hybridized carbons (Fsp3) is 0.235. The van der Waals surface area contributed by atoms with Crippen LogP contribution in [0.1, 0.15) is 17.8 Å². The maximum atomic E-state index is 13.1. The molecule has 1 aliphatic carbocycles. The summed E-state index contributed by atoms with van der Waals surface area (Å²) in [5, 5.41) is 17.3. The molecule has 0 amide bonds. The first-order valence-electron chi connectivity index (χ1n) is 7.40. The van der Waals surface area contributed by atoms with E-state index in [1.807, 2.05) is 0 Å². The second-order valence-electron chi connectivity index (χ2n) is 5.91. The predicted molar refractivity (Wildman–Crippen MR) is 84.9 cm³/mol. The number of benzene rings is 1. The number of halogens is 3. The maximum absolute atomic E-state index is 13.1.